The first-order valence-corrected chi connectivity index (χ1v) is 8.98. The molecule has 0 fully saturated rings. The van der Waals surface area contributed by atoms with E-state index in [-0.39, 0.29) is 16.4 Å². The van der Waals surface area contributed by atoms with Crippen LogP contribution in [0.3, 0.4) is 0 Å². The van der Waals surface area contributed by atoms with Gasteiger partial charge in [0.15, 0.2) is 0 Å². The van der Waals surface area contributed by atoms with Gasteiger partial charge in [-0.3, -0.25) is 4.79 Å². The Morgan fingerprint density at radius 2 is 1.67 bits per heavy atom. The highest BCUT2D eigenvalue weighted by molar-refractivity contribution is 8.00. The van der Waals surface area contributed by atoms with E-state index < -0.39 is 17.3 Å². The largest absolute Gasteiger partial charge is 0.451 e. The molecule has 1 heterocycles. The highest BCUT2D eigenvalue weighted by Crippen LogP contribution is 2.34. The number of hydrogen-bond acceptors (Lipinski definition) is 4. The van der Waals surface area contributed by atoms with Gasteiger partial charge in [-0.2, -0.15) is 13.2 Å². The number of amides is 1. The molecule has 1 atom stereocenters. The van der Waals surface area contributed by atoms with Gasteiger partial charge in [-0.25, -0.2) is 9.97 Å². The average molecular weight is 391 g/mol. The highest BCUT2D eigenvalue weighted by atomic mass is 32.2. The van der Waals surface area contributed by atoms with Crippen LogP contribution in [0.4, 0.5) is 18.9 Å². The first-order chi connectivity index (χ1) is 12.8. The fourth-order valence-corrected chi connectivity index (χ4v) is 3.57. The number of para-hydroxylation sites is 2. The van der Waals surface area contributed by atoms with E-state index in [9.17, 15) is 18.0 Å². The second kappa shape index (κ2) is 7.56. The third-order valence-electron chi connectivity index (χ3n) is 3.93. The van der Waals surface area contributed by atoms with Crippen LogP contribution in [0.15, 0.2) is 59.6 Å². The lowest BCUT2D eigenvalue weighted by Gasteiger charge is -2.21. The van der Waals surface area contributed by atoms with Crippen LogP contribution in [-0.2, 0) is 11.0 Å². The fraction of sp³-hybridized carbons (Fsp3) is 0.211. The summed E-state index contributed by atoms with van der Waals surface area (Å²) in [6.45, 7) is 1.65. The van der Waals surface area contributed by atoms with Crippen molar-refractivity contribution in [3.05, 3.63) is 60.4 Å². The lowest BCUT2D eigenvalue weighted by atomic mass is 10.2. The number of rotatable bonds is 4. The number of thioether (sulfide) groups is 1. The third-order valence-corrected chi connectivity index (χ3v) is 5.02. The molecular weight excluding hydrogens is 375 g/mol. The summed E-state index contributed by atoms with van der Waals surface area (Å²) in [5.74, 6) is -1.44. The zero-order chi connectivity index (χ0) is 19.6. The van der Waals surface area contributed by atoms with Gasteiger partial charge in [0.05, 0.1) is 10.8 Å². The summed E-state index contributed by atoms with van der Waals surface area (Å²) in [5, 5.41) is -0.0117. The molecule has 1 aromatic heterocycles. The second-order valence-electron chi connectivity index (χ2n) is 5.86. The average Bonchev–Trinajstić information content (AvgIpc) is 2.66. The lowest BCUT2D eigenvalue weighted by molar-refractivity contribution is -0.145. The standard InChI is InChI=1S/C19H16F3N3OS/c1-12(17(26)25(2)13-8-4-3-5-9-13)27-16-14-10-6-7-11-15(14)23-18(24-16)19(20,21)22/h3-12H,1-2H3/t12-/m0/s1. The minimum atomic E-state index is -4.66. The number of carbonyl (C=O) groups is 1. The molecule has 0 bridgehead atoms. The van der Waals surface area contributed by atoms with Crippen molar-refractivity contribution in [3.8, 4) is 0 Å². The summed E-state index contributed by atoms with van der Waals surface area (Å²) in [7, 11) is 1.63. The molecule has 27 heavy (non-hydrogen) atoms. The smallest absolute Gasteiger partial charge is 0.315 e. The SMILES string of the molecule is C[C@H](Sc1nc(C(F)(F)F)nc2ccccc12)C(=O)N(C)c1ccccc1. The molecule has 0 aliphatic rings. The highest BCUT2D eigenvalue weighted by Gasteiger charge is 2.36. The number of aromatic nitrogens is 2. The minimum Gasteiger partial charge on any atom is -0.315 e. The van der Waals surface area contributed by atoms with Gasteiger partial charge in [0.25, 0.3) is 0 Å². The molecule has 8 heteroatoms. The Hall–Kier alpha value is -2.61. The summed E-state index contributed by atoms with van der Waals surface area (Å²) in [6.07, 6.45) is -4.66. The van der Waals surface area contributed by atoms with Gasteiger partial charge in [-0.15, -0.1) is 0 Å². The molecule has 2 aromatic carbocycles. The number of halogens is 3. The molecule has 3 rings (SSSR count). The van der Waals surface area contributed by atoms with Crippen molar-refractivity contribution >= 4 is 34.3 Å². The Labute approximate surface area is 158 Å². The third kappa shape index (κ3) is 4.21. The van der Waals surface area contributed by atoms with Gasteiger partial charge >= 0.3 is 6.18 Å². The van der Waals surface area contributed by atoms with Crippen molar-refractivity contribution in [3.63, 3.8) is 0 Å². The van der Waals surface area contributed by atoms with Gasteiger partial charge in [0.2, 0.25) is 11.7 Å². The van der Waals surface area contributed by atoms with Crippen molar-refractivity contribution in [2.24, 2.45) is 0 Å². The quantitative estimate of drug-likeness (QED) is 0.474. The minimum absolute atomic E-state index is 0.134. The first kappa shape index (κ1) is 19.2. The fourth-order valence-electron chi connectivity index (χ4n) is 2.53. The van der Waals surface area contributed by atoms with Crippen molar-refractivity contribution in [1.82, 2.24) is 9.97 Å². The summed E-state index contributed by atoms with van der Waals surface area (Å²) < 4.78 is 39.4. The van der Waals surface area contributed by atoms with Crippen LogP contribution in [0, 0.1) is 0 Å². The number of hydrogen-bond donors (Lipinski definition) is 0. The van der Waals surface area contributed by atoms with E-state index in [2.05, 4.69) is 9.97 Å². The van der Waals surface area contributed by atoms with Crippen molar-refractivity contribution in [1.29, 1.82) is 0 Å². The number of fused-ring (bicyclic) bond motifs is 1. The Morgan fingerprint density at radius 1 is 1.04 bits per heavy atom. The van der Waals surface area contributed by atoms with Crippen LogP contribution in [0.25, 0.3) is 10.9 Å². The summed E-state index contributed by atoms with van der Waals surface area (Å²) in [5.41, 5.74) is 0.900. The monoisotopic (exact) mass is 391 g/mol. The van der Waals surface area contributed by atoms with Crippen molar-refractivity contribution in [2.45, 2.75) is 23.4 Å². The summed E-state index contributed by atoms with van der Waals surface area (Å²) in [4.78, 5) is 21.5. The molecule has 0 saturated carbocycles. The summed E-state index contributed by atoms with van der Waals surface area (Å²) in [6, 6.07) is 15.5. The van der Waals surface area contributed by atoms with Crippen LogP contribution >= 0.6 is 11.8 Å². The van der Waals surface area contributed by atoms with E-state index >= 15 is 0 Å². The molecule has 0 N–H and O–H groups in total. The van der Waals surface area contributed by atoms with E-state index in [0.29, 0.717) is 11.1 Å². The van der Waals surface area contributed by atoms with E-state index in [1.807, 2.05) is 18.2 Å². The van der Waals surface area contributed by atoms with Gasteiger partial charge in [-0.05, 0) is 25.1 Å². The summed E-state index contributed by atoms with van der Waals surface area (Å²) >= 11 is 0.992. The van der Waals surface area contributed by atoms with Crippen LogP contribution < -0.4 is 4.90 Å². The molecule has 0 aliphatic heterocycles. The lowest BCUT2D eigenvalue weighted by Crippen LogP contribution is -2.33. The molecule has 0 unspecified atom stereocenters. The maximum Gasteiger partial charge on any atom is 0.451 e. The molecular formula is C19H16F3N3OS. The number of nitrogens with zero attached hydrogens (tertiary/aromatic N) is 3. The van der Waals surface area contributed by atoms with Crippen molar-refractivity contribution in [2.75, 3.05) is 11.9 Å². The van der Waals surface area contributed by atoms with Crippen LogP contribution in [0.1, 0.15) is 12.7 Å². The Balaban J connectivity index is 1.92. The van der Waals surface area contributed by atoms with Gasteiger partial charge < -0.3 is 4.90 Å². The van der Waals surface area contributed by atoms with Gasteiger partial charge in [-0.1, -0.05) is 48.2 Å². The Kier molecular flexibility index (Phi) is 5.36. The van der Waals surface area contributed by atoms with E-state index in [1.54, 1.807) is 44.3 Å². The molecule has 1 amide bonds. The Morgan fingerprint density at radius 3 is 2.33 bits per heavy atom. The molecule has 0 spiro atoms. The Bertz CT molecular complexity index is 963. The molecule has 140 valence electrons. The predicted octanol–water partition coefficient (Wildman–Crippen LogP) is 4.79. The molecule has 0 saturated heterocycles. The maximum absolute atomic E-state index is 13.1. The van der Waals surface area contributed by atoms with Crippen molar-refractivity contribution < 1.29 is 18.0 Å². The molecule has 0 aliphatic carbocycles. The predicted molar refractivity (Wildman–Crippen MR) is 99.7 cm³/mol. The molecule has 3 aromatic rings. The van der Waals surface area contributed by atoms with Crippen LogP contribution in [-0.4, -0.2) is 28.2 Å². The zero-order valence-corrected chi connectivity index (χ0v) is 15.4. The first-order valence-electron chi connectivity index (χ1n) is 8.10. The van der Waals surface area contributed by atoms with Gasteiger partial charge in [0.1, 0.15) is 5.03 Å². The maximum atomic E-state index is 13.1. The van der Waals surface area contributed by atoms with Gasteiger partial charge in [0, 0.05) is 18.1 Å². The number of carbonyl (C=O) groups excluding carboxylic acids is 1. The molecule has 4 nitrogen and oxygen atoms in total. The number of alkyl halides is 3. The normalized spacial score (nSPS) is 12.8. The topological polar surface area (TPSA) is 46.1 Å². The van der Waals surface area contributed by atoms with E-state index in [1.165, 1.54) is 11.0 Å². The molecule has 0 radical (unpaired) electrons. The second-order valence-corrected chi connectivity index (χ2v) is 7.19. The number of benzene rings is 2. The number of anilines is 1. The van der Waals surface area contributed by atoms with E-state index in [4.69, 9.17) is 0 Å². The zero-order valence-electron chi connectivity index (χ0n) is 14.6. The van der Waals surface area contributed by atoms with Crippen LogP contribution in [0.2, 0.25) is 0 Å². The van der Waals surface area contributed by atoms with E-state index in [0.717, 1.165) is 11.8 Å². The van der Waals surface area contributed by atoms with Crippen LogP contribution in [0.5, 0.6) is 0 Å².